The average Bonchev–Trinajstić information content (AvgIpc) is 2.50. The van der Waals surface area contributed by atoms with Crippen LogP contribution in [0.2, 0.25) is 18.6 Å². The first-order valence-electron chi connectivity index (χ1n) is 7.84. The van der Waals surface area contributed by atoms with Crippen LogP contribution >= 0.6 is 0 Å². The third kappa shape index (κ3) is 5.16. The Bertz CT molecular complexity index is 452. The highest BCUT2D eigenvalue weighted by Crippen LogP contribution is 2.25. The Morgan fingerprint density at radius 1 is 1.24 bits per heavy atom. The van der Waals surface area contributed by atoms with Crippen molar-refractivity contribution in [3.05, 3.63) is 42.5 Å². The highest BCUT2D eigenvalue weighted by molar-refractivity contribution is 6.93. The summed E-state index contributed by atoms with van der Waals surface area (Å²) in [6, 6.07) is 10.4. The molecule has 0 fully saturated rings. The number of carbonyl (C=O) groups is 1. The largest absolute Gasteiger partial charge is 0.469 e. The van der Waals surface area contributed by atoms with Crippen LogP contribution in [0.1, 0.15) is 32.6 Å². The highest BCUT2D eigenvalue weighted by atomic mass is 28.3. The maximum atomic E-state index is 12.2. The molecule has 0 saturated heterocycles. The zero-order valence-corrected chi connectivity index (χ0v) is 14.8. The van der Waals surface area contributed by atoms with Crippen molar-refractivity contribution < 1.29 is 9.53 Å². The topological polar surface area (TPSA) is 26.3 Å². The van der Waals surface area contributed by atoms with Gasteiger partial charge in [0.15, 0.2) is 0 Å². The van der Waals surface area contributed by atoms with E-state index in [1.165, 1.54) is 31.6 Å². The number of methoxy groups -OCH3 is 1. The molecule has 0 bridgehead atoms. The number of carbonyl (C=O) groups excluding carboxylic acids is 1. The van der Waals surface area contributed by atoms with Gasteiger partial charge in [0.25, 0.3) is 0 Å². The van der Waals surface area contributed by atoms with Gasteiger partial charge in [0, 0.05) is 0 Å². The van der Waals surface area contributed by atoms with Crippen molar-refractivity contribution in [2.45, 2.75) is 51.2 Å². The molecule has 2 nitrogen and oxygen atoms in total. The summed E-state index contributed by atoms with van der Waals surface area (Å²) in [4.78, 5) is 12.2. The van der Waals surface area contributed by atoms with E-state index < -0.39 is 8.07 Å². The fourth-order valence-electron chi connectivity index (χ4n) is 2.53. The molecule has 0 aliphatic rings. The van der Waals surface area contributed by atoms with Gasteiger partial charge in [-0.1, -0.05) is 80.5 Å². The summed E-state index contributed by atoms with van der Waals surface area (Å²) in [6.45, 7) is 6.67. The van der Waals surface area contributed by atoms with Crippen LogP contribution in [-0.4, -0.2) is 21.2 Å². The zero-order chi connectivity index (χ0) is 15.7. The Hall–Kier alpha value is -1.35. The van der Waals surface area contributed by atoms with E-state index in [9.17, 15) is 4.79 Å². The van der Waals surface area contributed by atoms with Gasteiger partial charge in [-0.15, -0.1) is 0 Å². The lowest BCUT2D eigenvalue weighted by atomic mass is 10.2. The predicted molar refractivity (Wildman–Crippen MR) is 92.6 cm³/mol. The molecule has 0 aliphatic heterocycles. The van der Waals surface area contributed by atoms with Gasteiger partial charge in [0.05, 0.1) is 12.7 Å². The second kappa shape index (κ2) is 8.83. The monoisotopic (exact) mass is 304 g/mol. The van der Waals surface area contributed by atoms with Crippen molar-refractivity contribution >= 4 is 19.2 Å². The van der Waals surface area contributed by atoms with E-state index in [0.29, 0.717) is 0 Å². The molecule has 1 aromatic rings. The van der Waals surface area contributed by atoms with Gasteiger partial charge in [-0.25, -0.2) is 0 Å². The fraction of sp³-hybridized carbons (Fsp3) is 0.500. The molecule has 0 aromatic heterocycles. The van der Waals surface area contributed by atoms with Crippen LogP contribution in [0.5, 0.6) is 0 Å². The quantitative estimate of drug-likeness (QED) is 0.310. The minimum atomic E-state index is -1.92. The van der Waals surface area contributed by atoms with Crippen LogP contribution in [0.25, 0.3) is 0 Å². The number of unbranched alkanes of at least 4 members (excludes halogenated alkanes) is 3. The van der Waals surface area contributed by atoms with Crippen LogP contribution < -0.4 is 5.19 Å². The van der Waals surface area contributed by atoms with E-state index in [-0.39, 0.29) is 11.5 Å². The number of hydrogen-bond donors (Lipinski definition) is 0. The molecule has 1 rings (SSSR count). The summed E-state index contributed by atoms with van der Waals surface area (Å²) in [5.41, 5.74) is -0.119. The summed E-state index contributed by atoms with van der Waals surface area (Å²) in [7, 11) is -0.441. The molecule has 0 amide bonds. The van der Waals surface area contributed by atoms with Crippen molar-refractivity contribution in [1.82, 2.24) is 0 Å². The highest BCUT2D eigenvalue weighted by Gasteiger charge is 2.37. The minimum Gasteiger partial charge on any atom is -0.469 e. The van der Waals surface area contributed by atoms with Crippen molar-refractivity contribution in [3.63, 3.8) is 0 Å². The third-order valence-corrected chi connectivity index (χ3v) is 7.86. The molecule has 0 radical (unpaired) electrons. The Kier molecular flexibility index (Phi) is 7.44. The molecule has 1 unspecified atom stereocenters. The molecule has 0 N–H and O–H groups in total. The normalized spacial score (nSPS) is 13.3. The first-order chi connectivity index (χ1) is 10.0. The fourth-order valence-corrected chi connectivity index (χ4v) is 5.27. The lowest BCUT2D eigenvalue weighted by molar-refractivity contribution is -0.139. The van der Waals surface area contributed by atoms with Gasteiger partial charge in [-0.05, 0) is 12.8 Å². The standard InChI is InChI=1S/C18H28O2Si/c1-5-6-7-8-12-15-17(18(19)20-2)21(3,4)16-13-10-9-11-14-16/h9-15,17H,5-8H2,1-4H3/b15-12-. The molecule has 3 heteroatoms. The maximum Gasteiger partial charge on any atom is 0.310 e. The molecule has 116 valence electrons. The molecule has 21 heavy (non-hydrogen) atoms. The number of benzene rings is 1. The lowest BCUT2D eigenvalue weighted by Gasteiger charge is -2.29. The summed E-state index contributed by atoms with van der Waals surface area (Å²) >= 11 is 0. The molecule has 0 aliphatic carbocycles. The molecule has 1 aromatic carbocycles. The Labute approximate surface area is 130 Å². The van der Waals surface area contributed by atoms with Crippen molar-refractivity contribution in [2.75, 3.05) is 7.11 Å². The first-order valence-corrected chi connectivity index (χ1v) is 10.9. The molecule has 0 saturated carbocycles. The SMILES string of the molecule is CCCCC/C=C\C(C(=O)OC)[Si](C)(C)c1ccccc1. The predicted octanol–water partition coefficient (Wildman–Crippen LogP) is 4.28. The first kappa shape index (κ1) is 17.7. The summed E-state index contributed by atoms with van der Waals surface area (Å²) < 4.78 is 5.04. The van der Waals surface area contributed by atoms with Crippen LogP contribution in [0.15, 0.2) is 42.5 Å². The van der Waals surface area contributed by atoms with Gasteiger partial charge >= 0.3 is 5.97 Å². The number of ether oxygens (including phenoxy) is 1. The maximum absolute atomic E-state index is 12.2. The van der Waals surface area contributed by atoms with Gasteiger partial charge in [-0.2, -0.15) is 0 Å². The second-order valence-electron chi connectivity index (χ2n) is 6.01. The van der Waals surface area contributed by atoms with E-state index in [1.54, 1.807) is 0 Å². The van der Waals surface area contributed by atoms with Crippen LogP contribution in [0.4, 0.5) is 0 Å². The molecule has 0 heterocycles. The molecular weight excluding hydrogens is 276 g/mol. The van der Waals surface area contributed by atoms with Crippen LogP contribution in [0, 0.1) is 0 Å². The molecular formula is C18H28O2Si. The zero-order valence-electron chi connectivity index (χ0n) is 13.8. The van der Waals surface area contributed by atoms with E-state index in [2.05, 4.69) is 44.3 Å². The van der Waals surface area contributed by atoms with Crippen molar-refractivity contribution in [1.29, 1.82) is 0 Å². The Morgan fingerprint density at radius 3 is 2.48 bits per heavy atom. The van der Waals surface area contributed by atoms with Crippen LogP contribution in [-0.2, 0) is 9.53 Å². The molecule has 1 atom stereocenters. The molecule has 0 spiro atoms. The summed E-state index contributed by atoms with van der Waals surface area (Å²) in [5.74, 6) is -0.109. The average molecular weight is 305 g/mol. The van der Waals surface area contributed by atoms with Gasteiger partial charge in [-0.3, -0.25) is 4.79 Å². The second-order valence-corrected chi connectivity index (χ2v) is 10.7. The van der Waals surface area contributed by atoms with Crippen molar-refractivity contribution in [3.8, 4) is 0 Å². The lowest BCUT2D eigenvalue weighted by Crippen LogP contribution is -2.48. The number of esters is 1. The Balaban J connectivity index is 2.89. The van der Waals surface area contributed by atoms with E-state index in [4.69, 9.17) is 4.74 Å². The smallest absolute Gasteiger partial charge is 0.310 e. The van der Waals surface area contributed by atoms with E-state index in [1.807, 2.05) is 18.2 Å². The summed E-state index contributed by atoms with van der Waals surface area (Å²) in [6.07, 6.45) is 8.94. The Morgan fingerprint density at radius 2 is 1.90 bits per heavy atom. The van der Waals surface area contributed by atoms with Gasteiger partial charge in [0.1, 0.15) is 8.07 Å². The van der Waals surface area contributed by atoms with E-state index >= 15 is 0 Å². The third-order valence-electron chi connectivity index (χ3n) is 4.05. The number of allylic oxidation sites excluding steroid dienone is 1. The number of hydrogen-bond acceptors (Lipinski definition) is 2. The van der Waals surface area contributed by atoms with Gasteiger partial charge in [0.2, 0.25) is 0 Å². The van der Waals surface area contributed by atoms with Crippen LogP contribution in [0.3, 0.4) is 0 Å². The van der Waals surface area contributed by atoms with E-state index in [0.717, 1.165) is 6.42 Å². The van der Waals surface area contributed by atoms with Crippen molar-refractivity contribution in [2.24, 2.45) is 0 Å². The minimum absolute atomic E-state index is 0.109. The van der Waals surface area contributed by atoms with Gasteiger partial charge < -0.3 is 4.74 Å². The number of rotatable bonds is 8. The summed E-state index contributed by atoms with van der Waals surface area (Å²) in [5, 5.41) is 1.29.